The van der Waals surface area contributed by atoms with Crippen LogP contribution in [0.5, 0.6) is 0 Å². The van der Waals surface area contributed by atoms with E-state index in [0.29, 0.717) is 19.7 Å². The van der Waals surface area contributed by atoms with Crippen LogP contribution in [0.15, 0.2) is 54.9 Å². The van der Waals surface area contributed by atoms with Gasteiger partial charge in [0, 0.05) is 64.5 Å². The second-order valence-electron chi connectivity index (χ2n) is 7.12. The summed E-state index contributed by atoms with van der Waals surface area (Å²) in [6.45, 7) is 4.50. The SMILES string of the molecule is COCCNC(=O)C(=O)NC[C@H](c1cccnc1)N1CCN(c2ccccc2)CC1. The molecule has 3 rings (SSSR count). The number of methoxy groups -OCH3 is 1. The van der Waals surface area contributed by atoms with Crippen molar-refractivity contribution in [3.8, 4) is 0 Å². The molecular formula is C22H29N5O3. The van der Waals surface area contributed by atoms with Gasteiger partial charge in [-0.2, -0.15) is 0 Å². The molecule has 1 atom stereocenters. The summed E-state index contributed by atoms with van der Waals surface area (Å²) in [7, 11) is 1.54. The number of pyridine rings is 1. The quantitative estimate of drug-likeness (QED) is 0.494. The molecule has 0 spiro atoms. The molecule has 2 heterocycles. The zero-order valence-corrected chi connectivity index (χ0v) is 17.3. The minimum atomic E-state index is -0.647. The first-order valence-corrected chi connectivity index (χ1v) is 10.2. The Balaban J connectivity index is 1.60. The number of benzene rings is 1. The minimum absolute atomic E-state index is 0.0488. The second kappa shape index (κ2) is 11.3. The Hall–Kier alpha value is -2.97. The molecule has 0 saturated carbocycles. The summed E-state index contributed by atoms with van der Waals surface area (Å²) in [5.41, 5.74) is 2.24. The number of hydrogen-bond donors (Lipinski definition) is 2. The predicted molar refractivity (Wildman–Crippen MR) is 115 cm³/mol. The number of rotatable bonds is 8. The molecule has 0 aliphatic carbocycles. The van der Waals surface area contributed by atoms with Crippen molar-refractivity contribution in [1.29, 1.82) is 0 Å². The number of carbonyl (C=O) groups is 2. The van der Waals surface area contributed by atoms with Crippen molar-refractivity contribution < 1.29 is 14.3 Å². The minimum Gasteiger partial charge on any atom is -0.383 e. The third-order valence-corrected chi connectivity index (χ3v) is 5.20. The summed E-state index contributed by atoms with van der Waals surface area (Å²) in [6, 6.07) is 14.2. The maximum absolute atomic E-state index is 12.2. The molecule has 0 bridgehead atoms. The molecule has 1 fully saturated rings. The van der Waals surface area contributed by atoms with Gasteiger partial charge >= 0.3 is 11.8 Å². The van der Waals surface area contributed by atoms with Gasteiger partial charge in [-0.15, -0.1) is 0 Å². The summed E-state index contributed by atoms with van der Waals surface area (Å²) >= 11 is 0. The summed E-state index contributed by atoms with van der Waals surface area (Å²) in [5, 5.41) is 5.32. The molecule has 8 heteroatoms. The average Bonchev–Trinajstić information content (AvgIpc) is 2.81. The Morgan fingerprint density at radius 2 is 1.77 bits per heavy atom. The number of carbonyl (C=O) groups excluding carboxylic acids is 2. The van der Waals surface area contributed by atoms with Crippen LogP contribution in [0.25, 0.3) is 0 Å². The van der Waals surface area contributed by atoms with Gasteiger partial charge in [0.15, 0.2) is 0 Å². The van der Waals surface area contributed by atoms with Gasteiger partial charge in [0.25, 0.3) is 0 Å². The van der Waals surface area contributed by atoms with Crippen molar-refractivity contribution in [2.75, 3.05) is 57.9 Å². The topological polar surface area (TPSA) is 86.8 Å². The van der Waals surface area contributed by atoms with Gasteiger partial charge in [-0.3, -0.25) is 19.5 Å². The monoisotopic (exact) mass is 411 g/mol. The van der Waals surface area contributed by atoms with Crippen molar-refractivity contribution in [2.45, 2.75) is 6.04 Å². The van der Waals surface area contributed by atoms with Gasteiger partial charge < -0.3 is 20.3 Å². The van der Waals surface area contributed by atoms with Gasteiger partial charge in [0.2, 0.25) is 0 Å². The van der Waals surface area contributed by atoms with Crippen molar-refractivity contribution >= 4 is 17.5 Å². The third kappa shape index (κ3) is 6.01. The molecule has 2 amide bonds. The van der Waals surface area contributed by atoms with Crippen LogP contribution in [0.3, 0.4) is 0 Å². The first kappa shape index (κ1) is 21.7. The number of para-hydroxylation sites is 1. The smallest absolute Gasteiger partial charge is 0.309 e. The molecular weight excluding hydrogens is 382 g/mol. The normalized spacial score (nSPS) is 15.4. The molecule has 30 heavy (non-hydrogen) atoms. The van der Waals surface area contributed by atoms with Crippen molar-refractivity contribution in [1.82, 2.24) is 20.5 Å². The molecule has 1 aromatic carbocycles. The van der Waals surface area contributed by atoms with Crippen LogP contribution in [0, 0.1) is 0 Å². The molecule has 1 aromatic heterocycles. The van der Waals surface area contributed by atoms with E-state index in [1.165, 1.54) is 5.69 Å². The second-order valence-corrected chi connectivity index (χ2v) is 7.12. The molecule has 1 aliphatic heterocycles. The lowest BCUT2D eigenvalue weighted by atomic mass is 10.1. The van der Waals surface area contributed by atoms with Crippen LogP contribution in [0.2, 0.25) is 0 Å². The Morgan fingerprint density at radius 3 is 2.43 bits per heavy atom. The molecule has 1 aliphatic rings. The number of aromatic nitrogens is 1. The average molecular weight is 412 g/mol. The zero-order valence-electron chi connectivity index (χ0n) is 17.3. The van der Waals surface area contributed by atoms with Crippen molar-refractivity contribution in [2.24, 2.45) is 0 Å². The molecule has 2 N–H and O–H groups in total. The standard InChI is InChI=1S/C22H29N5O3/c1-30-15-10-24-21(28)22(29)25-17-20(18-6-5-9-23-16-18)27-13-11-26(12-14-27)19-7-3-2-4-8-19/h2-9,16,20H,10-15,17H2,1H3,(H,24,28)(H,25,29)/t20-/m1/s1. The van der Waals surface area contributed by atoms with Crippen molar-refractivity contribution in [3.05, 3.63) is 60.4 Å². The number of piperazine rings is 1. The van der Waals surface area contributed by atoms with E-state index in [1.807, 2.05) is 36.5 Å². The van der Waals surface area contributed by atoms with E-state index < -0.39 is 11.8 Å². The number of nitrogens with zero attached hydrogens (tertiary/aromatic N) is 3. The molecule has 1 saturated heterocycles. The lowest BCUT2D eigenvalue weighted by Gasteiger charge is -2.40. The fourth-order valence-corrected chi connectivity index (χ4v) is 3.58. The summed E-state index contributed by atoms with van der Waals surface area (Å²) in [4.78, 5) is 33.0. The number of amides is 2. The third-order valence-electron chi connectivity index (χ3n) is 5.20. The Bertz CT molecular complexity index is 795. The number of ether oxygens (including phenoxy) is 1. The lowest BCUT2D eigenvalue weighted by molar-refractivity contribution is -0.139. The molecule has 2 aromatic rings. The van der Waals surface area contributed by atoms with Crippen LogP contribution < -0.4 is 15.5 Å². The van der Waals surface area contributed by atoms with E-state index >= 15 is 0 Å². The Labute approximate surface area is 177 Å². The highest BCUT2D eigenvalue weighted by Gasteiger charge is 2.26. The molecule has 160 valence electrons. The zero-order chi connectivity index (χ0) is 21.2. The maximum atomic E-state index is 12.2. The number of nitrogens with one attached hydrogen (secondary N) is 2. The highest BCUT2D eigenvalue weighted by Crippen LogP contribution is 2.23. The van der Waals surface area contributed by atoms with Crippen LogP contribution in [-0.4, -0.2) is 74.7 Å². The number of hydrogen-bond acceptors (Lipinski definition) is 6. The van der Waals surface area contributed by atoms with Gasteiger partial charge in [-0.1, -0.05) is 24.3 Å². The maximum Gasteiger partial charge on any atom is 0.309 e. The summed E-state index contributed by atoms with van der Waals surface area (Å²) in [5.74, 6) is -1.28. The first-order valence-electron chi connectivity index (χ1n) is 10.2. The van der Waals surface area contributed by atoms with Crippen LogP contribution in [0.1, 0.15) is 11.6 Å². The van der Waals surface area contributed by atoms with E-state index in [2.05, 4.69) is 37.6 Å². The molecule has 8 nitrogen and oxygen atoms in total. The van der Waals surface area contributed by atoms with Crippen LogP contribution in [0.4, 0.5) is 5.69 Å². The van der Waals surface area contributed by atoms with E-state index in [0.717, 1.165) is 31.7 Å². The highest BCUT2D eigenvalue weighted by atomic mass is 16.5. The fraction of sp³-hybridized carbons (Fsp3) is 0.409. The van der Waals surface area contributed by atoms with E-state index in [4.69, 9.17) is 4.74 Å². The van der Waals surface area contributed by atoms with Gasteiger partial charge in [-0.25, -0.2) is 0 Å². The van der Waals surface area contributed by atoms with E-state index in [-0.39, 0.29) is 6.04 Å². The van der Waals surface area contributed by atoms with Gasteiger partial charge in [-0.05, 0) is 23.8 Å². The van der Waals surface area contributed by atoms with Gasteiger partial charge in [0.05, 0.1) is 12.6 Å². The summed E-state index contributed by atoms with van der Waals surface area (Å²) in [6.07, 6.45) is 3.55. The largest absolute Gasteiger partial charge is 0.383 e. The van der Waals surface area contributed by atoms with Crippen LogP contribution in [-0.2, 0) is 14.3 Å². The van der Waals surface area contributed by atoms with E-state index in [9.17, 15) is 9.59 Å². The lowest BCUT2D eigenvalue weighted by Crippen LogP contribution is -2.51. The molecule has 0 radical (unpaired) electrons. The van der Waals surface area contributed by atoms with Crippen molar-refractivity contribution in [3.63, 3.8) is 0 Å². The van der Waals surface area contributed by atoms with Crippen LogP contribution >= 0.6 is 0 Å². The highest BCUT2D eigenvalue weighted by molar-refractivity contribution is 6.35. The Kier molecular flexibility index (Phi) is 8.17. The van der Waals surface area contributed by atoms with Gasteiger partial charge in [0.1, 0.15) is 0 Å². The number of anilines is 1. The van der Waals surface area contributed by atoms with E-state index in [1.54, 1.807) is 13.3 Å². The fourth-order valence-electron chi connectivity index (χ4n) is 3.58. The molecule has 0 unspecified atom stereocenters. The summed E-state index contributed by atoms with van der Waals surface area (Å²) < 4.78 is 4.88. The Morgan fingerprint density at radius 1 is 1.03 bits per heavy atom. The first-order chi connectivity index (χ1) is 14.7. The predicted octanol–water partition coefficient (Wildman–Crippen LogP) is 0.824.